The summed E-state index contributed by atoms with van der Waals surface area (Å²) in [5, 5.41) is 11.9. The third kappa shape index (κ3) is 3.14. The van der Waals surface area contributed by atoms with Crippen molar-refractivity contribution < 1.29 is 9.21 Å². The molecule has 0 aliphatic carbocycles. The Balaban J connectivity index is 1.75. The predicted molar refractivity (Wildman–Crippen MR) is 83.8 cm³/mol. The highest BCUT2D eigenvalue weighted by Crippen LogP contribution is 2.28. The number of amides is 1. The lowest BCUT2D eigenvalue weighted by Gasteiger charge is -1.98. The van der Waals surface area contributed by atoms with Crippen molar-refractivity contribution in [2.45, 2.75) is 4.90 Å². The number of nitrogens with one attached hydrogen (secondary N) is 1. The van der Waals surface area contributed by atoms with Crippen molar-refractivity contribution in [3.8, 4) is 10.6 Å². The lowest BCUT2D eigenvalue weighted by Crippen LogP contribution is -2.10. The second-order valence-electron chi connectivity index (χ2n) is 4.07. The second kappa shape index (κ2) is 6.11. The minimum atomic E-state index is -0.333. The van der Waals surface area contributed by atoms with Gasteiger partial charge < -0.3 is 4.42 Å². The first kappa shape index (κ1) is 13.8. The molecule has 3 aromatic rings. The van der Waals surface area contributed by atoms with Crippen LogP contribution in [0.4, 0.5) is 5.13 Å². The Bertz CT molecular complexity index is 736. The summed E-state index contributed by atoms with van der Waals surface area (Å²) < 4.78 is 5.03. The van der Waals surface area contributed by atoms with Crippen LogP contribution in [0.5, 0.6) is 0 Å². The highest BCUT2D eigenvalue weighted by molar-refractivity contribution is 7.98. The van der Waals surface area contributed by atoms with Crippen molar-refractivity contribution in [2.24, 2.45) is 0 Å². The van der Waals surface area contributed by atoms with Crippen LogP contribution in [0.1, 0.15) is 10.6 Å². The molecule has 0 saturated heterocycles. The Labute approximate surface area is 129 Å². The monoisotopic (exact) mass is 317 g/mol. The van der Waals surface area contributed by atoms with Crippen molar-refractivity contribution in [3.63, 3.8) is 0 Å². The molecule has 1 N–H and O–H groups in total. The number of benzene rings is 1. The summed E-state index contributed by atoms with van der Waals surface area (Å²) in [6.07, 6.45) is 3.48. The van der Waals surface area contributed by atoms with Crippen molar-refractivity contribution >= 4 is 34.1 Å². The van der Waals surface area contributed by atoms with Crippen molar-refractivity contribution in [3.05, 3.63) is 48.4 Å². The predicted octanol–water partition coefficient (Wildman–Crippen LogP) is 3.77. The smallest absolute Gasteiger partial charge is 0.293 e. The van der Waals surface area contributed by atoms with Gasteiger partial charge in [0.25, 0.3) is 5.91 Å². The molecule has 21 heavy (non-hydrogen) atoms. The van der Waals surface area contributed by atoms with Gasteiger partial charge in [-0.05, 0) is 30.5 Å². The van der Waals surface area contributed by atoms with E-state index in [1.54, 1.807) is 23.9 Å². The molecule has 2 aromatic heterocycles. The molecule has 2 heterocycles. The molecule has 106 valence electrons. The molecule has 1 aromatic carbocycles. The van der Waals surface area contributed by atoms with Gasteiger partial charge in [-0.2, -0.15) is 0 Å². The Hall–Kier alpha value is -2.12. The molecule has 0 aliphatic rings. The largest absolute Gasteiger partial charge is 0.459 e. The van der Waals surface area contributed by atoms with Crippen LogP contribution in [0, 0.1) is 0 Å². The van der Waals surface area contributed by atoms with E-state index in [9.17, 15) is 4.79 Å². The average Bonchev–Trinajstić information content (AvgIpc) is 3.19. The fourth-order valence-electron chi connectivity index (χ4n) is 1.69. The molecule has 0 fully saturated rings. The first-order valence-electron chi connectivity index (χ1n) is 6.09. The average molecular weight is 317 g/mol. The molecule has 3 rings (SSSR count). The molecule has 0 aliphatic heterocycles. The number of carbonyl (C=O) groups excluding carboxylic acids is 1. The van der Waals surface area contributed by atoms with E-state index in [1.807, 2.05) is 30.5 Å². The minimum absolute atomic E-state index is 0.246. The number of furan rings is 1. The van der Waals surface area contributed by atoms with E-state index >= 15 is 0 Å². The number of nitrogens with zero attached hydrogens (tertiary/aromatic N) is 2. The van der Waals surface area contributed by atoms with Gasteiger partial charge in [0.2, 0.25) is 5.13 Å². The Morgan fingerprint density at radius 3 is 2.71 bits per heavy atom. The number of hydrogen-bond donors (Lipinski definition) is 1. The minimum Gasteiger partial charge on any atom is -0.459 e. The number of rotatable bonds is 4. The van der Waals surface area contributed by atoms with Gasteiger partial charge >= 0.3 is 0 Å². The summed E-state index contributed by atoms with van der Waals surface area (Å²) in [7, 11) is 0. The number of carbonyl (C=O) groups is 1. The fraction of sp³-hybridized carbons (Fsp3) is 0.0714. The Morgan fingerprint density at radius 1 is 1.24 bits per heavy atom. The molecule has 0 saturated carbocycles. The summed E-state index contributed by atoms with van der Waals surface area (Å²) >= 11 is 3.01. The van der Waals surface area contributed by atoms with E-state index in [-0.39, 0.29) is 11.7 Å². The summed E-state index contributed by atoms with van der Waals surface area (Å²) in [5.74, 6) is -0.0866. The van der Waals surface area contributed by atoms with E-state index in [0.29, 0.717) is 5.13 Å². The van der Waals surface area contributed by atoms with Crippen LogP contribution in [-0.4, -0.2) is 22.4 Å². The standard InChI is InChI=1S/C14H11N3O2S2/c1-20-10-6-4-9(5-7-10)13-16-17-14(21-13)15-12(18)11-3-2-8-19-11/h2-8H,1H3,(H,15,17,18). The van der Waals surface area contributed by atoms with Gasteiger partial charge in [-0.1, -0.05) is 23.5 Å². The number of hydrogen-bond acceptors (Lipinski definition) is 6. The molecule has 0 bridgehead atoms. The highest BCUT2D eigenvalue weighted by atomic mass is 32.2. The summed E-state index contributed by atoms with van der Waals surface area (Å²) in [6.45, 7) is 0. The zero-order valence-electron chi connectivity index (χ0n) is 11.1. The van der Waals surface area contributed by atoms with Crippen LogP contribution in [0.15, 0.2) is 52.0 Å². The third-order valence-electron chi connectivity index (χ3n) is 2.73. The van der Waals surface area contributed by atoms with Crippen molar-refractivity contribution in [1.29, 1.82) is 0 Å². The molecule has 0 radical (unpaired) electrons. The van der Waals surface area contributed by atoms with Gasteiger partial charge in [0.05, 0.1) is 6.26 Å². The van der Waals surface area contributed by atoms with Gasteiger partial charge in [0.15, 0.2) is 5.76 Å². The normalized spacial score (nSPS) is 10.5. The molecular formula is C14H11N3O2S2. The van der Waals surface area contributed by atoms with Crippen LogP contribution in [0.3, 0.4) is 0 Å². The zero-order valence-corrected chi connectivity index (χ0v) is 12.7. The molecular weight excluding hydrogens is 306 g/mol. The topological polar surface area (TPSA) is 68.0 Å². The van der Waals surface area contributed by atoms with Crippen LogP contribution in [0.25, 0.3) is 10.6 Å². The van der Waals surface area contributed by atoms with E-state index in [1.165, 1.54) is 22.5 Å². The fourth-order valence-corrected chi connectivity index (χ4v) is 2.84. The number of aromatic nitrogens is 2. The van der Waals surface area contributed by atoms with Crippen LogP contribution < -0.4 is 5.32 Å². The zero-order chi connectivity index (χ0) is 14.7. The number of anilines is 1. The molecule has 0 unspecified atom stereocenters. The van der Waals surface area contributed by atoms with E-state index < -0.39 is 0 Å². The first-order chi connectivity index (χ1) is 10.3. The number of thioether (sulfide) groups is 1. The molecule has 1 amide bonds. The Kier molecular flexibility index (Phi) is 4.03. The maximum atomic E-state index is 11.8. The van der Waals surface area contributed by atoms with E-state index in [2.05, 4.69) is 15.5 Å². The van der Waals surface area contributed by atoms with Crippen LogP contribution >= 0.6 is 23.1 Å². The summed E-state index contributed by atoms with van der Waals surface area (Å²) in [5.41, 5.74) is 0.976. The maximum absolute atomic E-state index is 11.8. The first-order valence-corrected chi connectivity index (χ1v) is 8.13. The van der Waals surface area contributed by atoms with Gasteiger partial charge in [0.1, 0.15) is 5.01 Å². The van der Waals surface area contributed by atoms with E-state index in [0.717, 1.165) is 10.6 Å². The van der Waals surface area contributed by atoms with E-state index in [4.69, 9.17) is 4.42 Å². The quantitative estimate of drug-likeness (QED) is 0.742. The molecule has 0 spiro atoms. The van der Waals surface area contributed by atoms with Gasteiger partial charge in [-0.3, -0.25) is 10.1 Å². The highest BCUT2D eigenvalue weighted by Gasteiger charge is 2.13. The molecule has 7 heteroatoms. The van der Waals surface area contributed by atoms with Gasteiger partial charge in [-0.25, -0.2) is 0 Å². The van der Waals surface area contributed by atoms with Crippen LogP contribution in [0.2, 0.25) is 0 Å². The van der Waals surface area contributed by atoms with Crippen molar-refractivity contribution in [1.82, 2.24) is 10.2 Å². The maximum Gasteiger partial charge on any atom is 0.293 e. The lowest BCUT2D eigenvalue weighted by atomic mass is 10.2. The Morgan fingerprint density at radius 2 is 2.05 bits per heavy atom. The van der Waals surface area contributed by atoms with Crippen molar-refractivity contribution in [2.75, 3.05) is 11.6 Å². The summed E-state index contributed by atoms with van der Waals surface area (Å²) in [4.78, 5) is 13.0. The lowest BCUT2D eigenvalue weighted by molar-refractivity contribution is 0.0996. The molecule has 0 atom stereocenters. The second-order valence-corrected chi connectivity index (χ2v) is 5.93. The SMILES string of the molecule is CSc1ccc(-c2nnc(NC(=O)c3ccco3)s2)cc1. The molecule has 5 nitrogen and oxygen atoms in total. The summed E-state index contributed by atoms with van der Waals surface area (Å²) in [6, 6.07) is 11.3. The van der Waals surface area contributed by atoms with Crippen LogP contribution in [-0.2, 0) is 0 Å². The third-order valence-corrected chi connectivity index (χ3v) is 4.36. The van der Waals surface area contributed by atoms with Gasteiger partial charge in [-0.15, -0.1) is 22.0 Å². The van der Waals surface area contributed by atoms with Gasteiger partial charge in [0, 0.05) is 10.5 Å².